The number of ether oxygens (including phenoxy) is 1. The van der Waals surface area contributed by atoms with Gasteiger partial charge >= 0.3 is 0 Å². The summed E-state index contributed by atoms with van der Waals surface area (Å²) in [7, 11) is 0. The topological polar surface area (TPSA) is 40.9 Å². The first-order valence-electron chi connectivity index (χ1n) is 8.06. The zero-order valence-electron chi connectivity index (χ0n) is 13.0. The zero-order valence-corrected chi connectivity index (χ0v) is 13.8. The summed E-state index contributed by atoms with van der Waals surface area (Å²) in [5.41, 5.74) is 5.10. The van der Waals surface area contributed by atoms with Gasteiger partial charge in [-0.2, -0.15) is 5.10 Å². The minimum absolute atomic E-state index is 0.140. The molecule has 2 aromatic carbocycles. The Morgan fingerprint density at radius 3 is 2.67 bits per heavy atom. The van der Waals surface area contributed by atoms with Gasteiger partial charge in [-0.1, -0.05) is 48.0 Å². The number of nitrogens with zero attached hydrogens (tertiary/aromatic N) is 2. The second-order valence-electron chi connectivity index (χ2n) is 6.31. The highest BCUT2D eigenvalue weighted by molar-refractivity contribution is 6.30. The van der Waals surface area contributed by atoms with Crippen LogP contribution < -0.4 is 0 Å². The Morgan fingerprint density at radius 1 is 1.08 bits per heavy atom. The standard InChI is InChI=1S/C19H16ClN3O/c20-16-3-1-2-14(10-16)18-11-17(21-22-18)13-4-6-15(7-5-13)19-12-23(19)8-9-24-19/h1-7,10-11H,8-9,12H2,(H,21,22). The third kappa shape index (κ3) is 2.18. The maximum Gasteiger partial charge on any atom is 0.160 e. The molecule has 1 N–H and O–H groups in total. The van der Waals surface area contributed by atoms with Gasteiger partial charge in [-0.15, -0.1) is 0 Å². The van der Waals surface area contributed by atoms with E-state index in [1.165, 1.54) is 5.56 Å². The van der Waals surface area contributed by atoms with Gasteiger partial charge < -0.3 is 4.74 Å². The van der Waals surface area contributed by atoms with Crippen LogP contribution in [-0.2, 0) is 10.5 Å². The molecule has 5 heteroatoms. The molecule has 0 amide bonds. The Morgan fingerprint density at radius 2 is 1.96 bits per heavy atom. The molecule has 1 aromatic heterocycles. The van der Waals surface area contributed by atoms with Crippen molar-refractivity contribution in [2.75, 3.05) is 19.7 Å². The van der Waals surface area contributed by atoms with Crippen molar-refractivity contribution in [3.8, 4) is 22.5 Å². The smallest absolute Gasteiger partial charge is 0.160 e. The number of halogens is 1. The van der Waals surface area contributed by atoms with E-state index in [1.807, 2.05) is 24.3 Å². The molecule has 3 aromatic rings. The molecule has 2 aliphatic rings. The normalized spacial score (nSPS) is 24.8. The van der Waals surface area contributed by atoms with Gasteiger partial charge in [0, 0.05) is 29.2 Å². The van der Waals surface area contributed by atoms with Crippen molar-refractivity contribution < 1.29 is 4.74 Å². The van der Waals surface area contributed by atoms with Crippen LogP contribution in [0, 0.1) is 0 Å². The summed E-state index contributed by atoms with van der Waals surface area (Å²) in [5, 5.41) is 8.24. The third-order valence-electron chi connectivity index (χ3n) is 4.86. The Bertz CT molecular complexity index is 905. The predicted octanol–water partition coefficient (Wildman–Crippen LogP) is 3.90. The fourth-order valence-corrected chi connectivity index (χ4v) is 3.67. The van der Waals surface area contributed by atoms with Crippen LogP contribution in [0.3, 0.4) is 0 Å². The Labute approximate surface area is 145 Å². The van der Waals surface area contributed by atoms with Crippen LogP contribution >= 0.6 is 11.6 Å². The molecular formula is C19H16ClN3O. The molecule has 2 saturated heterocycles. The molecule has 0 bridgehead atoms. The first-order chi connectivity index (χ1) is 11.7. The maximum atomic E-state index is 6.06. The highest BCUT2D eigenvalue weighted by Gasteiger charge is 2.58. The van der Waals surface area contributed by atoms with Crippen molar-refractivity contribution in [2.45, 2.75) is 5.72 Å². The SMILES string of the molecule is Clc1cccc(-c2cc(-c3ccc(C45CN4CCO5)cc3)[nH]n2)c1. The number of aromatic amines is 1. The molecule has 0 spiro atoms. The van der Waals surface area contributed by atoms with E-state index in [9.17, 15) is 0 Å². The number of hydrogen-bond donors (Lipinski definition) is 1. The number of benzene rings is 2. The lowest BCUT2D eigenvalue weighted by molar-refractivity contribution is 0.0589. The molecule has 2 aliphatic heterocycles. The van der Waals surface area contributed by atoms with E-state index in [2.05, 4.69) is 45.4 Å². The largest absolute Gasteiger partial charge is 0.353 e. The van der Waals surface area contributed by atoms with Crippen LogP contribution in [0.5, 0.6) is 0 Å². The summed E-state index contributed by atoms with van der Waals surface area (Å²) in [6.45, 7) is 2.87. The van der Waals surface area contributed by atoms with Gasteiger partial charge in [-0.25, -0.2) is 0 Å². The van der Waals surface area contributed by atoms with Gasteiger partial charge in [0.05, 0.1) is 18.0 Å². The lowest BCUT2D eigenvalue weighted by Gasteiger charge is -2.11. The number of rotatable bonds is 3. The van der Waals surface area contributed by atoms with Gasteiger partial charge in [0.2, 0.25) is 0 Å². The Balaban J connectivity index is 1.43. The van der Waals surface area contributed by atoms with Crippen LogP contribution in [-0.4, -0.2) is 34.8 Å². The van der Waals surface area contributed by atoms with Crippen molar-refractivity contribution in [3.63, 3.8) is 0 Å². The van der Waals surface area contributed by atoms with E-state index >= 15 is 0 Å². The van der Waals surface area contributed by atoms with Crippen LogP contribution in [0.25, 0.3) is 22.5 Å². The highest BCUT2D eigenvalue weighted by Crippen LogP contribution is 2.47. The molecular weight excluding hydrogens is 322 g/mol. The minimum atomic E-state index is -0.140. The number of hydrogen-bond acceptors (Lipinski definition) is 3. The summed E-state index contributed by atoms with van der Waals surface area (Å²) in [6.07, 6.45) is 0. The number of H-pyrrole nitrogens is 1. The fraction of sp³-hybridized carbons (Fsp3) is 0.211. The Kier molecular flexibility index (Phi) is 3.07. The van der Waals surface area contributed by atoms with Gasteiger partial charge in [-0.3, -0.25) is 10.00 Å². The highest BCUT2D eigenvalue weighted by atomic mass is 35.5. The molecule has 24 heavy (non-hydrogen) atoms. The molecule has 4 nitrogen and oxygen atoms in total. The van der Waals surface area contributed by atoms with E-state index in [0.717, 1.165) is 42.2 Å². The fourth-order valence-electron chi connectivity index (χ4n) is 3.48. The van der Waals surface area contributed by atoms with E-state index in [1.54, 1.807) is 0 Å². The molecule has 0 saturated carbocycles. The first kappa shape index (κ1) is 14.2. The molecule has 120 valence electrons. The second-order valence-corrected chi connectivity index (χ2v) is 6.75. The van der Waals surface area contributed by atoms with Crippen LogP contribution in [0.4, 0.5) is 0 Å². The molecule has 0 aliphatic carbocycles. The van der Waals surface area contributed by atoms with Crippen molar-refractivity contribution in [3.05, 3.63) is 65.2 Å². The average Bonchev–Trinajstić information content (AvgIpc) is 2.99. The molecule has 2 fully saturated rings. The van der Waals surface area contributed by atoms with E-state index in [0.29, 0.717) is 5.02 Å². The molecule has 5 rings (SSSR count). The maximum absolute atomic E-state index is 6.06. The monoisotopic (exact) mass is 337 g/mol. The number of aromatic nitrogens is 2. The molecule has 0 radical (unpaired) electrons. The first-order valence-corrected chi connectivity index (χ1v) is 8.44. The predicted molar refractivity (Wildman–Crippen MR) is 93.7 cm³/mol. The third-order valence-corrected chi connectivity index (χ3v) is 5.09. The van der Waals surface area contributed by atoms with E-state index in [4.69, 9.17) is 16.3 Å². The van der Waals surface area contributed by atoms with Gasteiger partial charge in [0.25, 0.3) is 0 Å². The quantitative estimate of drug-likeness (QED) is 0.737. The van der Waals surface area contributed by atoms with Crippen molar-refractivity contribution in [1.29, 1.82) is 0 Å². The number of fused-ring (bicyclic) bond motifs is 1. The van der Waals surface area contributed by atoms with Crippen molar-refractivity contribution in [2.24, 2.45) is 0 Å². The Hall–Kier alpha value is -2.14. The van der Waals surface area contributed by atoms with Crippen LogP contribution in [0.2, 0.25) is 5.02 Å². The zero-order chi connectivity index (χ0) is 16.1. The summed E-state index contributed by atoms with van der Waals surface area (Å²) in [4.78, 5) is 2.36. The molecule has 3 heterocycles. The summed E-state index contributed by atoms with van der Waals surface area (Å²) >= 11 is 6.06. The molecule has 2 unspecified atom stereocenters. The lowest BCUT2D eigenvalue weighted by Crippen LogP contribution is -2.11. The van der Waals surface area contributed by atoms with Gasteiger partial charge in [0.1, 0.15) is 0 Å². The minimum Gasteiger partial charge on any atom is -0.353 e. The van der Waals surface area contributed by atoms with Crippen molar-refractivity contribution in [1.82, 2.24) is 15.1 Å². The van der Waals surface area contributed by atoms with Crippen molar-refractivity contribution >= 4 is 11.6 Å². The van der Waals surface area contributed by atoms with Crippen LogP contribution in [0.1, 0.15) is 5.56 Å². The summed E-state index contributed by atoms with van der Waals surface area (Å²) < 4.78 is 5.91. The average molecular weight is 338 g/mol. The van der Waals surface area contributed by atoms with Gasteiger partial charge in [-0.05, 0) is 23.8 Å². The lowest BCUT2D eigenvalue weighted by atomic mass is 10.0. The van der Waals surface area contributed by atoms with E-state index in [-0.39, 0.29) is 5.72 Å². The second kappa shape index (κ2) is 5.18. The van der Waals surface area contributed by atoms with Crippen LogP contribution in [0.15, 0.2) is 54.6 Å². The summed E-state index contributed by atoms with van der Waals surface area (Å²) in [5.74, 6) is 0. The van der Waals surface area contributed by atoms with Gasteiger partial charge in [0.15, 0.2) is 5.72 Å². The van der Waals surface area contributed by atoms with E-state index < -0.39 is 0 Å². The summed E-state index contributed by atoms with van der Waals surface area (Å²) in [6, 6.07) is 18.3. The number of nitrogens with one attached hydrogen (secondary N) is 1. The molecule has 2 atom stereocenters. The number of morpholine rings is 1.